The lowest BCUT2D eigenvalue weighted by atomic mass is 10.2. The molecule has 0 bridgehead atoms. The third-order valence-corrected chi connectivity index (χ3v) is 3.97. The fourth-order valence-electron chi connectivity index (χ4n) is 2.37. The molecule has 0 radical (unpaired) electrons. The first-order valence-corrected chi connectivity index (χ1v) is 8.48. The van der Waals surface area contributed by atoms with E-state index in [-0.39, 0.29) is 0 Å². The number of aryl methyl sites for hydroxylation is 1. The van der Waals surface area contributed by atoms with Crippen molar-refractivity contribution in [2.75, 3.05) is 11.9 Å². The van der Waals surface area contributed by atoms with Gasteiger partial charge in [-0.3, -0.25) is 4.79 Å². The zero-order chi connectivity index (χ0) is 18.7. The van der Waals surface area contributed by atoms with Gasteiger partial charge in [0.15, 0.2) is 6.61 Å². The van der Waals surface area contributed by atoms with Crippen LogP contribution in [0.3, 0.4) is 0 Å². The van der Waals surface area contributed by atoms with Crippen LogP contribution in [0.1, 0.15) is 17.3 Å². The molecule has 0 aliphatic rings. The highest BCUT2D eigenvalue weighted by Crippen LogP contribution is 2.22. The average Bonchev–Trinajstić information content (AvgIpc) is 3.01. The van der Waals surface area contributed by atoms with Gasteiger partial charge in [0.1, 0.15) is 5.52 Å². The van der Waals surface area contributed by atoms with Crippen LogP contribution >= 0.6 is 23.2 Å². The zero-order valence-electron chi connectivity index (χ0n) is 13.7. The summed E-state index contributed by atoms with van der Waals surface area (Å²) in [5, 5.41) is 11.3. The molecule has 9 heteroatoms. The standard InChI is InChI=1S/C17H14Cl2N4O3/c1-2-23-15-4-3-10(5-14(15)21-22-23)17(25)26-9-16(24)20-13-7-11(18)6-12(19)8-13/h3-8H,2,9H2,1H3,(H,20,24). The number of amides is 1. The van der Waals surface area contributed by atoms with Gasteiger partial charge in [0.05, 0.1) is 11.1 Å². The Bertz CT molecular complexity index is 967. The lowest BCUT2D eigenvalue weighted by Crippen LogP contribution is -2.20. The van der Waals surface area contributed by atoms with Gasteiger partial charge in [-0.2, -0.15) is 0 Å². The van der Waals surface area contributed by atoms with E-state index in [1.807, 2.05) is 6.92 Å². The summed E-state index contributed by atoms with van der Waals surface area (Å²) in [7, 11) is 0. The summed E-state index contributed by atoms with van der Waals surface area (Å²) in [4.78, 5) is 24.1. The first-order valence-electron chi connectivity index (χ1n) is 7.72. The third kappa shape index (κ3) is 4.12. The van der Waals surface area contributed by atoms with Crippen LogP contribution in [-0.2, 0) is 16.1 Å². The molecule has 0 fully saturated rings. The molecule has 1 amide bonds. The van der Waals surface area contributed by atoms with Crippen molar-refractivity contribution in [1.29, 1.82) is 0 Å². The number of nitrogens with one attached hydrogen (secondary N) is 1. The van der Waals surface area contributed by atoms with Crippen LogP contribution in [0, 0.1) is 0 Å². The van der Waals surface area contributed by atoms with Crippen molar-refractivity contribution in [3.8, 4) is 0 Å². The van der Waals surface area contributed by atoms with Crippen LogP contribution in [0.25, 0.3) is 11.0 Å². The highest BCUT2D eigenvalue weighted by atomic mass is 35.5. The van der Waals surface area contributed by atoms with Gasteiger partial charge in [-0.05, 0) is 43.3 Å². The van der Waals surface area contributed by atoms with Crippen molar-refractivity contribution in [2.24, 2.45) is 0 Å². The van der Waals surface area contributed by atoms with Crippen LogP contribution in [0.5, 0.6) is 0 Å². The van der Waals surface area contributed by atoms with Crippen LogP contribution < -0.4 is 5.32 Å². The van der Waals surface area contributed by atoms with Crippen molar-refractivity contribution in [2.45, 2.75) is 13.5 Å². The van der Waals surface area contributed by atoms with Gasteiger partial charge in [-0.15, -0.1) is 5.10 Å². The number of halogens is 2. The normalized spacial score (nSPS) is 10.7. The summed E-state index contributed by atoms with van der Waals surface area (Å²) in [5.41, 5.74) is 2.11. The van der Waals surface area contributed by atoms with Crippen molar-refractivity contribution < 1.29 is 14.3 Å². The number of aromatic nitrogens is 3. The molecule has 3 rings (SSSR count). The molecule has 0 saturated carbocycles. The Morgan fingerprint density at radius 3 is 2.58 bits per heavy atom. The molecule has 0 saturated heterocycles. The molecule has 0 aliphatic carbocycles. The molecular formula is C17H14Cl2N4O3. The predicted octanol–water partition coefficient (Wildman–Crippen LogP) is 3.55. The number of anilines is 1. The number of hydrogen-bond acceptors (Lipinski definition) is 5. The van der Waals surface area contributed by atoms with Crippen LogP contribution in [0.15, 0.2) is 36.4 Å². The van der Waals surface area contributed by atoms with E-state index < -0.39 is 18.5 Å². The molecule has 134 valence electrons. The maximum Gasteiger partial charge on any atom is 0.338 e. The molecule has 1 heterocycles. The fraction of sp³-hybridized carbons (Fsp3) is 0.176. The molecule has 0 atom stereocenters. The maximum atomic E-state index is 12.1. The first-order chi connectivity index (χ1) is 12.5. The maximum absolute atomic E-state index is 12.1. The second-order valence-corrected chi connectivity index (χ2v) is 6.26. The Hall–Kier alpha value is -2.64. The number of benzene rings is 2. The molecule has 0 unspecified atom stereocenters. The zero-order valence-corrected chi connectivity index (χ0v) is 15.2. The number of carbonyl (C=O) groups excluding carboxylic acids is 2. The van der Waals surface area contributed by atoms with Crippen molar-refractivity contribution in [3.63, 3.8) is 0 Å². The van der Waals surface area contributed by atoms with E-state index >= 15 is 0 Å². The summed E-state index contributed by atoms with van der Waals surface area (Å²) >= 11 is 11.7. The number of carbonyl (C=O) groups is 2. The minimum Gasteiger partial charge on any atom is -0.452 e. The van der Waals surface area contributed by atoms with Crippen LogP contribution in [0.4, 0.5) is 5.69 Å². The molecule has 3 aromatic rings. The lowest BCUT2D eigenvalue weighted by Gasteiger charge is -2.07. The topological polar surface area (TPSA) is 86.1 Å². The second kappa shape index (κ2) is 7.72. The molecule has 0 spiro atoms. The Labute approximate surface area is 158 Å². The first kappa shape index (κ1) is 18.2. The van der Waals surface area contributed by atoms with Crippen molar-refractivity contribution in [1.82, 2.24) is 15.0 Å². The van der Waals surface area contributed by atoms with E-state index in [1.165, 1.54) is 12.1 Å². The average molecular weight is 393 g/mol. The highest BCUT2D eigenvalue weighted by molar-refractivity contribution is 6.35. The molecule has 1 N–H and O–H groups in total. The van der Waals surface area contributed by atoms with Gasteiger partial charge in [0.2, 0.25) is 0 Å². The summed E-state index contributed by atoms with van der Waals surface area (Å²) in [6.45, 7) is 2.18. The Morgan fingerprint density at radius 2 is 1.88 bits per heavy atom. The van der Waals surface area contributed by atoms with Gasteiger partial charge in [0, 0.05) is 22.3 Å². The van der Waals surface area contributed by atoms with Crippen LogP contribution in [-0.4, -0.2) is 33.5 Å². The molecule has 0 aliphatic heterocycles. The van der Waals surface area contributed by atoms with Crippen molar-refractivity contribution in [3.05, 3.63) is 52.0 Å². The van der Waals surface area contributed by atoms with E-state index in [4.69, 9.17) is 27.9 Å². The van der Waals surface area contributed by atoms with Crippen molar-refractivity contribution >= 4 is 51.8 Å². The van der Waals surface area contributed by atoms with Gasteiger partial charge < -0.3 is 10.1 Å². The number of fused-ring (bicyclic) bond motifs is 1. The monoisotopic (exact) mass is 392 g/mol. The molecule has 7 nitrogen and oxygen atoms in total. The van der Waals surface area contributed by atoms with Gasteiger partial charge in [0.25, 0.3) is 5.91 Å². The summed E-state index contributed by atoms with van der Waals surface area (Å²) < 4.78 is 6.75. The van der Waals surface area contributed by atoms with Gasteiger partial charge in [-0.1, -0.05) is 28.4 Å². The SMILES string of the molecule is CCn1nnc2cc(C(=O)OCC(=O)Nc3cc(Cl)cc(Cl)c3)ccc21. The smallest absolute Gasteiger partial charge is 0.338 e. The minimum absolute atomic E-state index is 0.291. The minimum atomic E-state index is -0.628. The second-order valence-electron chi connectivity index (χ2n) is 5.39. The molecular weight excluding hydrogens is 379 g/mol. The summed E-state index contributed by atoms with van der Waals surface area (Å²) in [6, 6.07) is 9.55. The highest BCUT2D eigenvalue weighted by Gasteiger charge is 2.13. The number of nitrogens with zero attached hydrogens (tertiary/aromatic N) is 3. The van der Waals surface area contributed by atoms with E-state index in [0.29, 0.717) is 33.4 Å². The largest absolute Gasteiger partial charge is 0.452 e. The number of ether oxygens (including phenoxy) is 1. The lowest BCUT2D eigenvalue weighted by molar-refractivity contribution is -0.119. The molecule has 26 heavy (non-hydrogen) atoms. The quantitative estimate of drug-likeness (QED) is 0.670. The number of esters is 1. The summed E-state index contributed by atoms with van der Waals surface area (Å²) in [6.07, 6.45) is 0. The fourth-order valence-corrected chi connectivity index (χ4v) is 2.90. The Balaban J connectivity index is 1.62. The van der Waals surface area contributed by atoms with Crippen LogP contribution in [0.2, 0.25) is 10.0 Å². The Kier molecular flexibility index (Phi) is 5.39. The van der Waals surface area contributed by atoms with E-state index in [2.05, 4.69) is 15.6 Å². The Morgan fingerprint density at radius 1 is 1.15 bits per heavy atom. The van der Waals surface area contributed by atoms with Gasteiger partial charge >= 0.3 is 5.97 Å². The van der Waals surface area contributed by atoms with Gasteiger partial charge in [-0.25, -0.2) is 9.48 Å². The number of rotatable bonds is 5. The third-order valence-electron chi connectivity index (χ3n) is 3.53. The van der Waals surface area contributed by atoms with E-state index in [1.54, 1.807) is 28.9 Å². The predicted molar refractivity (Wildman–Crippen MR) is 98.6 cm³/mol. The molecule has 1 aromatic heterocycles. The number of hydrogen-bond donors (Lipinski definition) is 1. The van der Waals surface area contributed by atoms with E-state index in [0.717, 1.165) is 5.52 Å². The van der Waals surface area contributed by atoms with E-state index in [9.17, 15) is 9.59 Å². The molecule has 2 aromatic carbocycles. The summed E-state index contributed by atoms with van der Waals surface area (Å²) in [5.74, 6) is -1.13.